The van der Waals surface area contributed by atoms with E-state index in [1.165, 1.54) is 5.69 Å². The van der Waals surface area contributed by atoms with Gasteiger partial charge in [0.05, 0.1) is 11.2 Å². The van der Waals surface area contributed by atoms with Crippen LogP contribution >= 0.6 is 0 Å². The fraction of sp³-hybridized carbons (Fsp3) is 0.727. The topological polar surface area (TPSA) is 29.9 Å². The largest absolute Gasteiger partial charge is 0.314 e. The van der Waals surface area contributed by atoms with Gasteiger partial charge >= 0.3 is 0 Å². The number of aryl methyl sites for hydroxylation is 1. The summed E-state index contributed by atoms with van der Waals surface area (Å²) in [4.78, 5) is 0. The van der Waals surface area contributed by atoms with Crippen LogP contribution in [0.2, 0.25) is 0 Å². The van der Waals surface area contributed by atoms with Crippen LogP contribution in [0.1, 0.15) is 39.1 Å². The fourth-order valence-electron chi connectivity index (χ4n) is 1.58. The molecule has 0 radical (unpaired) electrons. The molecule has 0 aromatic carbocycles. The average molecular weight is 195 g/mol. The SMILES string of the molecule is CCc1cc(CNC)nn1C(C)(C)C. The Morgan fingerprint density at radius 3 is 2.43 bits per heavy atom. The first kappa shape index (κ1) is 11.2. The third kappa shape index (κ3) is 2.35. The molecule has 0 bridgehead atoms. The minimum absolute atomic E-state index is 0.0807. The van der Waals surface area contributed by atoms with Crippen molar-refractivity contribution in [2.24, 2.45) is 0 Å². The van der Waals surface area contributed by atoms with E-state index in [1.807, 2.05) is 7.05 Å². The van der Waals surface area contributed by atoms with E-state index in [2.05, 4.69) is 48.9 Å². The minimum Gasteiger partial charge on any atom is -0.314 e. The molecule has 3 nitrogen and oxygen atoms in total. The summed E-state index contributed by atoms with van der Waals surface area (Å²) in [5.74, 6) is 0. The van der Waals surface area contributed by atoms with Crippen molar-refractivity contribution in [2.75, 3.05) is 7.05 Å². The molecule has 1 aromatic heterocycles. The number of aromatic nitrogens is 2. The van der Waals surface area contributed by atoms with Crippen LogP contribution in [-0.4, -0.2) is 16.8 Å². The zero-order valence-electron chi connectivity index (χ0n) is 9.89. The van der Waals surface area contributed by atoms with Crippen molar-refractivity contribution in [3.05, 3.63) is 17.5 Å². The van der Waals surface area contributed by atoms with E-state index in [4.69, 9.17) is 0 Å². The van der Waals surface area contributed by atoms with Gasteiger partial charge in [0.2, 0.25) is 0 Å². The summed E-state index contributed by atoms with van der Waals surface area (Å²) in [5, 5.41) is 7.72. The Labute approximate surface area is 86.5 Å². The monoisotopic (exact) mass is 195 g/mol. The summed E-state index contributed by atoms with van der Waals surface area (Å²) in [7, 11) is 1.95. The summed E-state index contributed by atoms with van der Waals surface area (Å²) in [5.41, 5.74) is 2.51. The van der Waals surface area contributed by atoms with E-state index < -0.39 is 0 Å². The molecule has 0 unspecified atom stereocenters. The molecule has 1 heterocycles. The minimum atomic E-state index is 0.0807. The van der Waals surface area contributed by atoms with Crippen molar-refractivity contribution in [3.8, 4) is 0 Å². The predicted molar refractivity (Wildman–Crippen MR) is 59.4 cm³/mol. The molecule has 0 aliphatic heterocycles. The predicted octanol–water partition coefficient (Wildman–Crippen LogP) is 1.92. The summed E-state index contributed by atoms with van der Waals surface area (Å²) in [6, 6.07) is 2.18. The average Bonchev–Trinajstić information content (AvgIpc) is 2.47. The molecule has 0 atom stereocenters. The number of hydrogen-bond acceptors (Lipinski definition) is 2. The zero-order valence-corrected chi connectivity index (χ0v) is 9.89. The lowest BCUT2D eigenvalue weighted by atomic mass is 10.1. The van der Waals surface area contributed by atoms with Gasteiger partial charge in [-0.2, -0.15) is 5.10 Å². The molecular weight excluding hydrogens is 174 g/mol. The highest BCUT2D eigenvalue weighted by Crippen LogP contribution is 2.17. The van der Waals surface area contributed by atoms with Gasteiger partial charge in [-0.05, 0) is 40.3 Å². The van der Waals surface area contributed by atoms with Crippen molar-refractivity contribution < 1.29 is 0 Å². The van der Waals surface area contributed by atoms with Gasteiger partial charge < -0.3 is 5.32 Å². The Bertz CT molecular complexity index is 294. The van der Waals surface area contributed by atoms with Crippen LogP contribution in [0.5, 0.6) is 0 Å². The van der Waals surface area contributed by atoms with Crippen LogP contribution < -0.4 is 5.32 Å². The Hall–Kier alpha value is -0.830. The Morgan fingerprint density at radius 2 is 2.07 bits per heavy atom. The van der Waals surface area contributed by atoms with Gasteiger partial charge in [0, 0.05) is 12.2 Å². The summed E-state index contributed by atoms with van der Waals surface area (Å²) in [6.45, 7) is 9.56. The molecule has 0 saturated heterocycles. The van der Waals surface area contributed by atoms with Crippen LogP contribution in [0.15, 0.2) is 6.07 Å². The lowest BCUT2D eigenvalue weighted by molar-refractivity contribution is 0.342. The number of hydrogen-bond donors (Lipinski definition) is 1. The van der Waals surface area contributed by atoms with E-state index in [1.54, 1.807) is 0 Å². The first-order chi connectivity index (χ1) is 6.49. The second kappa shape index (κ2) is 4.13. The van der Waals surface area contributed by atoms with E-state index in [0.29, 0.717) is 0 Å². The third-order valence-corrected chi connectivity index (χ3v) is 2.19. The Kier molecular flexibility index (Phi) is 3.32. The molecule has 1 N–H and O–H groups in total. The van der Waals surface area contributed by atoms with E-state index >= 15 is 0 Å². The molecular formula is C11H21N3. The number of rotatable bonds is 3. The van der Waals surface area contributed by atoms with E-state index in [0.717, 1.165) is 18.7 Å². The van der Waals surface area contributed by atoms with Crippen LogP contribution in [0.25, 0.3) is 0 Å². The van der Waals surface area contributed by atoms with Crippen molar-refractivity contribution in [1.29, 1.82) is 0 Å². The second-order valence-corrected chi connectivity index (χ2v) is 4.59. The Balaban J connectivity index is 3.02. The van der Waals surface area contributed by atoms with Gasteiger partial charge in [0.25, 0.3) is 0 Å². The van der Waals surface area contributed by atoms with Gasteiger partial charge in [-0.25, -0.2) is 0 Å². The molecule has 0 spiro atoms. The standard InChI is InChI=1S/C11H21N3/c1-6-10-7-9(8-12-5)13-14(10)11(2,3)4/h7,12H,6,8H2,1-5H3. The molecule has 14 heavy (non-hydrogen) atoms. The molecule has 80 valence electrons. The lowest BCUT2D eigenvalue weighted by Gasteiger charge is -2.22. The molecule has 0 amide bonds. The van der Waals surface area contributed by atoms with Gasteiger partial charge in [0.1, 0.15) is 0 Å². The highest BCUT2D eigenvalue weighted by atomic mass is 15.3. The Morgan fingerprint density at radius 1 is 1.43 bits per heavy atom. The molecule has 1 aromatic rings. The van der Waals surface area contributed by atoms with E-state index in [-0.39, 0.29) is 5.54 Å². The number of nitrogens with one attached hydrogen (secondary N) is 1. The first-order valence-corrected chi connectivity index (χ1v) is 5.22. The number of nitrogens with zero attached hydrogens (tertiary/aromatic N) is 2. The van der Waals surface area contributed by atoms with Crippen molar-refractivity contribution in [2.45, 2.75) is 46.2 Å². The van der Waals surface area contributed by atoms with Crippen molar-refractivity contribution >= 4 is 0 Å². The van der Waals surface area contributed by atoms with Crippen LogP contribution in [0, 0.1) is 0 Å². The summed E-state index contributed by atoms with van der Waals surface area (Å²) in [6.07, 6.45) is 1.04. The fourth-order valence-corrected chi connectivity index (χ4v) is 1.58. The van der Waals surface area contributed by atoms with E-state index in [9.17, 15) is 0 Å². The van der Waals surface area contributed by atoms with Crippen molar-refractivity contribution in [1.82, 2.24) is 15.1 Å². The lowest BCUT2D eigenvalue weighted by Crippen LogP contribution is -2.25. The van der Waals surface area contributed by atoms with Gasteiger partial charge in [0.15, 0.2) is 0 Å². The molecule has 3 heteroatoms. The smallest absolute Gasteiger partial charge is 0.0765 e. The molecule has 0 saturated carbocycles. The molecule has 0 aliphatic rings. The van der Waals surface area contributed by atoms with Crippen LogP contribution in [0.4, 0.5) is 0 Å². The van der Waals surface area contributed by atoms with Crippen LogP contribution in [-0.2, 0) is 18.5 Å². The van der Waals surface area contributed by atoms with Crippen molar-refractivity contribution in [3.63, 3.8) is 0 Å². The normalized spacial score (nSPS) is 12.1. The maximum atomic E-state index is 4.60. The highest BCUT2D eigenvalue weighted by Gasteiger charge is 2.18. The summed E-state index contributed by atoms with van der Waals surface area (Å²) < 4.78 is 2.12. The maximum Gasteiger partial charge on any atom is 0.0765 e. The van der Waals surface area contributed by atoms with Gasteiger partial charge in [-0.3, -0.25) is 4.68 Å². The quantitative estimate of drug-likeness (QED) is 0.798. The molecule has 0 fully saturated rings. The van der Waals surface area contributed by atoms with Crippen LogP contribution in [0.3, 0.4) is 0 Å². The second-order valence-electron chi connectivity index (χ2n) is 4.59. The first-order valence-electron chi connectivity index (χ1n) is 5.22. The summed E-state index contributed by atoms with van der Waals surface area (Å²) >= 11 is 0. The third-order valence-electron chi connectivity index (χ3n) is 2.19. The van der Waals surface area contributed by atoms with Gasteiger partial charge in [-0.1, -0.05) is 6.92 Å². The molecule has 0 aliphatic carbocycles. The maximum absolute atomic E-state index is 4.60. The molecule has 1 rings (SSSR count). The van der Waals surface area contributed by atoms with Gasteiger partial charge in [-0.15, -0.1) is 0 Å². The zero-order chi connectivity index (χ0) is 10.8. The highest BCUT2D eigenvalue weighted by molar-refractivity contribution is 5.12.